The number of rotatable bonds is 4. The average Bonchev–Trinajstić information content (AvgIpc) is 2.48. The fourth-order valence-corrected chi connectivity index (χ4v) is 1.90. The van der Waals surface area contributed by atoms with Crippen molar-refractivity contribution in [2.24, 2.45) is 0 Å². The molecule has 1 aromatic carbocycles. The maximum absolute atomic E-state index is 14.0. The number of aromatic nitrogens is 1. The number of halogens is 2. The van der Waals surface area contributed by atoms with Gasteiger partial charge in [0, 0.05) is 13.2 Å². The molecule has 0 saturated carbocycles. The van der Waals surface area contributed by atoms with Gasteiger partial charge in [0.25, 0.3) is 5.91 Å². The van der Waals surface area contributed by atoms with Gasteiger partial charge in [-0.1, -0.05) is 12.1 Å². The Kier molecular flexibility index (Phi) is 4.47. The maximum Gasteiger partial charge on any atom is 0.254 e. The number of nitrogens with one attached hydrogen (secondary N) is 2. The average molecular weight is 291 g/mol. The van der Waals surface area contributed by atoms with Gasteiger partial charge < -0.3 is 10.6 Å². The first-order valence-electron chi connectivity index (χ1n) is 6.41. The molecule has 1 heterocycles. The van der Waals surface area contributed by atoms with Gasteiger partial charge in [-0.05, 0) is 30.7 Å². The first kappa shape index (κ1) is 14.9. The largest absolute Gasteiger partial charge is 0.371 e. The molecular weight excluding hydrogens is 276 g/mol. The van der Waals surface area contributed by atoms with Gasteiger partial charge in [0.2, 0.25) is 0 Å². The van der Waals surface area contributed by atoms with Gasteiger partial charge in [-0.2, -0.15) is 0 Å². The van der Waals surface area contributed by atoms with Crippen LogP contribution in [0.3, 0.4) is 0 Å². The molecule has 1 atom stereocenters. The molecule has 1 aromatic heterocycles. The molecule has 0 aliphatic heterocycles. The highest BCUT2D eigenvalue weighted by molar-refractivity contribution is 5.95. The number of nitrogens with zero attached hydrogens (tertiary/aromatic N) is 1. The zero-order chi connectivity index (χ0) is 15.4. The standard InChI is InChI=1S/C15H15F2N3O/c1-9(10-3-5-11(16)6-4-10)20-15(21)12-7-8-19-14(18-2)13(12)17/h3-9H,1-2H3,(H,18,19)(H,20,21). The lowest BCUT2D eigenvalue weighted by atomic mass is 10.1. The van der Waals surface area contributed by atoms with Crippen molar-refractivity contribution in [2.45, 2.75) is 13.0 Å². The van der Waals surface area contributed by atoms with Crippen molar-refractivity contribution < 1.29 is 13.6 Å². The molecule has 1 unspecified atom stereocenters. The van der Waals surface area contributed by atoms with Crippen molar-refractivity contribution in [2.75, 3.05) is 12.4 Å². The van der Waals surface area contributed by atoms with Crippen LogP contribution in [0.5, 0.6) is 0 Å². The lowest BCUT2D eigenvalue weighted by Gasteiger charge is -2.15. The van der Waals surface area contributed by atoms with E-state index in [1.165, 1.54) is 31.4 Å². The number of pyridine rings is 1. The van der Waals surface area contributed by atoms with Crippen LogP contribution in [-0.2, 0) is 0 Å². The Hall–Kier alpha value is -2.50. The van der Waals surface area contributed by atoms with Crippen LogP contribution < -0.4 is 10.6 Å². The second kappa shape index (κ2) is 6.30. The minimum absolute atomic E-state index is 0.0112. The molecule has 6 heteroatoms. The summed E-state index contributed by atoms with van der Waals surface area (Å²) in [5.41, 5.74) is 0.636. The summed E-state index contributed by atoms with van der Waals surface area (Å²) in [5, 5.41) is 5.24. The molecule has 0 saturated heterocycles. The fourth-order valence-electron chi connectivity index (χ4n) is 1.90. The highest BCUT2D eigenvalue weighted by Gasteiger charge is 2.17. The molecule has 0 aliphatic carbocycles. The van der Waals surface area contributed by atoms with Crippen molar-refractivity contribution >= 4 is 11.7 Å². The molecule has 110 valence electrons. The van der Waals surface area contributed by atoms with E-state index >= 15 is 0 Å². The molecule has 0 spiro atoms. The third-order valence-electron chi connectivity index (χ3n) is 3.09. The Morgan fingerprint density at radius 1 is 1.19 bits per heavy atom. The number of anilines is 1. The summed E-state index contributed by atoms with van der Waals surface area (Å²) in [6, 6.07) is 6.70. The van der Waals surface area contributed by atoms with Crippen LogP contribution in [0.25, 0.3) is 0 Å². The first-order chi connectivity index (χ1) is 10.0. The smallest absolute Gasteiger partial charge is 0.254 e. The van der Waals surface area contributed by atoms with Crippen LogP contribution in [0.2, 0.25) is 0 Å². The van der Waals surface area contributed by atoms with Crippen LogP contribution in [0.15, 0.2) is 36.5 Å². The zero-order valence-corrected chi connectivity index (χ0v) is 11.7. The van der Waals surface area contributed by atoms with Crippen molar-refractivity contribution in [1.82, 2.24) is 10.3 Å². The fraction of sp³-hybridized carbons (Fsp3) is 0.200. The Morgan fingerprint density at radius 3 is 2.48 bits per heavy atom. The van der Waals surface area contributed by atoms with E-state index in [2.05, 4.69) is 15.6 Å². The highest BCUT2D eigenvalue weighted by atomic mass is 19.1. The molecule has 2 aromatic rings. The van der Waals surface area contributed by atoms with Crippen molar-refractivity contribution in [3.8, 4) is 0 Å². The minimum Gasteiger partial charge on any atom is -0.371 e. The van der Waals surface area contributed by atoms with Gasteiger partial charge in [0.15, 0.2) is 11.6 Å². The van der Waals surface area contributed by atoms with Gasteiger partial charge in [0.05, 0.1) is 11.6 Å². The van der Waals surface area contributed by atoms with Gasteiger partial charge in [0.1, 0.15) is 5.82 Å². The Labute approximate surface area is 121 Å². The van der Waals surface area contributed by atoms with E-state index in [1.54, 1.807) is 19.1 Å². The van der Waals surface area contributed by atoms with Crippen molar-refractivity contribution in [1.29, 1.82) is 0 Å². The number of benzene rings is 1. The summed E-state index contributed by atoms with van der Waals surface area (Å²) >= 11 is 0. The van der Waals surface area contributed by atoms with Crippen molar-refractivity contribution in [3.63, 3.8) is 0 Å². The predicted molar refractivity (Wildman–Crippen MR) is 76.0 cm³/mol. The monoisotopic (exact) mass is 291 g/mol. The normalized spacial score (nSPS) is 11.8. The van der Waals surface area contributed by atoms with Crippen LogP contribution in [0, 0.1) is 11.6 Å². The summed E-state index contributed by atoms with van der Waals surface area (Å²) in [4.78, 5) is 15.9. The second-order valence-electron chi connectivity index (χ2n) is 4.52. The molecule has 2 rings (SSSR count). The topological polar surface area (TPSA) is 54.0 Å². The summed E-state index contributed by atoms with van der Waals surface area (Å²) in [6.07, 6.45) is 1.35. The van der Waals surface area contributed by atoms with Crippen LogP contribution in [0.1, 0.15) is 28.9 Å². The predicted octanol–water partition coefficient (Wildman–Crippen LogP) is 2.89. The summed E-state index contributed by atoms with van der Waals surface area (Å²) in [5.74, 6) is -1.60. The minimum atomic E-state index is -0.705. The molecule has 21 heavy (non-hydrogen) atoms. The van der Waals surface area contributed by atoms with E-state index in [4.69, 9.17) is 0 Å². The number of carbonyl (C=O) groups is 1. The molecule has 0 fully saturated rings. The summed E-state index contributed by atoms with van der Waals surface area (Å²) < 4.78 is 26.9. The highest BCUT2D eigenvalue weighted by Crippen LogP contribution is 2.17. The van der Waals surface area contributed by atoms with Gasteiger partial charge in [-0.25, -0.2) is 13.8 Å². The maximum atomic E-state index is 14.0. The Balaban J connectivity index is 2.16. The third kappa shape index (κ3) is 3.34. The van der Waals surface area contributed by atoms with E-state index in [1.807, 2.05) is 0 Å². The molecule has 4 nitrogen and oxygen atoms in total. The Morgan fingerprint density at radius 2 is 1.86 bits per heavy atom. The van der Waals surface area contributed by atoms with Crippen LogP contribution in [0.4, 0.5) is 14.6 Å². The Bertz CT molecular complexity index is 644. The number of carbonyl (C=O) groups excluding carboxylic acids is 1. The van der Waals surface area contributed by atoms with Crippen LogP contribution >= 0.6 is 0 Å². The molecule has 0 bridgehead atoms. The first-order valence-corrected chi connectivity index (χ1v) is 6.41. The van der Waals surface area contributed by atoms with E-state index in [0.29, 0.717) is 0 Å². The third-order valence-corrected chi connectivity index (χ3v) is 3.09. The number of hydrogen-bond donors (Lipinski definition) is 2. The lowest BCUT2D eigenvalue weighted by Crippen LogP contribution is -2.27. The molecule has 0 aliphatic rings. The SMILES string of the molecule is CNc1nccc(C(=O)NC(C)c2ccc(F)cc2)c1F. The second-order valence-corrected chi connectivity index (χ2v) is 4.52. The summed E-state index contributed by atoms with van der Waals surface area (Å²) in [6.45, 7) is 1.74. The molecule has 2 N–H and O–H groups in total. The van der Waals surface area contributed by atoms with Crippen LogP contribution in [-0.4, -0.2) is 17.9 Å². The zero-order valence-electron chi connectivity index (χ0n) is 11.7. The molecular formula is C15H15F2N3O. The number of amides is 1. The van der Waals surface area contributed by atoms with E-state index in [0.717, 1.165) is 5.56 Å². The van der Waals surface area contributed by atoms with E-state index in [9.17, 15) is 13.6 Å². The number of hydrogen-bond acceptors (Lipinski definition) is 3. The van der Waals surface area contributed by atoms with Gasteiger partial charge in [-0.15, -0.1) is 0 Å². The lowest BCUT2D eigenvalue weighted by molar-refractivity contribution is 0.0936. The quantitative estimate of drug-likeness (QED) is 0.910. The summed E-state index contributed by atoms with van der Waals surface area (Å²) in [7, 11) is 1.52. The van der Waals surface area contributed by atoms with E-state index in [-0.39, 0.29) is 23.2 Å². The van der Waals surface area contributed by atoms with E-state index < -0.39 is 11.7 Å². The van der Waals surface area contributed by atoms with Gasteiger partial charge in [-0.3, -0.25) is 4.79 Å². The molecule has 0 radical (unpaired) electrons. The molecule has 1 amide bonds. The van der Waals surface area contributed by atoms with Gasteiger partial charge >= 0.3 is 0 Å². The van der Waals surface area contributed by atoms with Crippen molar-refractivity contribution in [3.05, 3.63) is 59.3 Å².